The van der Waals surface area contributed by atoms with Crippen molar-refractivity contribution in [2.45, 2.75) is 52.7 Å². The van der Waals surface area contributed by atoms with Crippen LogP contribution in [0.15, 0.2) is 40.9 Å². The number of rotatable bonds is 9. The normalized spacial score (nSPS) is 12.9. The predicted octanol–water partition coefficient (Wildman–Crippen LogP) is 3.09. The smallest absolute Gasteiger partial charge is 0.329 e. The van der Waals surface area contributed by atoms with Gasteiger partial charge >= 0.3 is 5.97 Å². The molecule has 2 aromatic rings. The third-order valence-electron chi connectivity index (χ3n) is 4.13. The van der Waals surface area contributed by atoms with E-state index in [0.29, 0.717) is 17.7 Å². The number of carbonyl (C=O) groups is 3. The summed E-state index contributed by atoms with van der Waals surface area (Å²) in [6.07, 6.45) is -0.351. The molecule has 0 unspecified atom stereocenters. The van der Waals surface area contributed by atoms with E-state index >= 15 is 0 Å². The van der Waals surface area contributed by atoms with Gasteiger partial charge in [-0.15, -0.1) is 0 Å². The van der Waals surface area contributed by atoms with E-state index in [1.165, 1.54) is 0 Å². The molecule has 0 aliphatic heterocycles. The van der Waals surface area contributed by atoms with Crippen molar-refractivity contribution in [3.63, 3.8) is 0 Å². The molecule has 0 aliphatic carbocycles. The molecule has 156 valence electrons. The molecule has 1 aromatic carbocycles. The highest BCUT2D eigenvalue weighted by molar-refractivity contribution is 5.98. The summed E-state index contributed by atoms with van der Waals surface area (Å²) in [5.41, 5.74) is 0.445. The number of amides is 2. The Labute approximate surface area is 170 Å². The minimum absolute atomic E-state index is 0.135. The van der Waals surface area contributed by atoms with Crippen molar-refractivity contribution in [1.82, 2.24) is 10.5 Å². The third kappa shape index (κ3) is 6.74. The highest BCUT2D eigenvalue weighted by atomic mass is 16.5. The Morgan fingerprint density at radius 2 is 1.86 bits per heavy atom. The molecule has 1 aromatic heterocycles. The van der Waals surface area contributed by atoms with Crippen molar-refractivity contribution in [1.29, 1.82) is 0 Å². The molecule has 0 fully saturated rings. The first-order chi connectivity index (χ1) is 13.8. The Morgan fingerprint density at radius 1 is 1.17 bits per heavy atom. The van der Waals surface area contributed by atoms with Gasteiger partial charge in [0.2, 0.25) is 0 Å². The molecule has 2 N–H and O–H groups in total. The van der Waals surface area contributed by atoms with Crippen molar-refractivity contribution < 1.29 is 23.6 Å². The van der Waals surface area contributed by atoms with Crippen LogP contribution in [-0.2, 0) is 14.3 Å². The Morgan fingerprint density at radius 3 is 2.41 bits per heavy atom. The lowest BCUT2D eigenvalue weighted by molar-refractivity contribution is -0.156. The Bertz CT molecular complexity index is 832. The van der Waals surface area contributed by atoms with Crippen LogP contribution in [0, 0.1) is 12.8 Å². The number of nitrogens with one attached hydrogen (secondary N) is 2. The van der Waals surface area contributed by atoms with Gasteiger partial charge in [0.15, 0.2) is 11.9 Å². The standard InChI is InChI=1S/C21H27N3O5/c1-5-17(20(26)23-18-12-14(4)29-24-18)28-21(27)16(11-13(2)3)22-19(25)15-9-7-6-8-10-15/h6-10,12-13,16-17H,5,11H2,1-4H3,(H,22,25)(H,23,24,26)/t16-,17-/m0/s1. The highest BCUT2D eigenvalue weighted by Crippen LogP contribution is 2.13. The largest absolute Gasteiger partial charge is 0.451 e. The maximum atomic E-state index is 12.7. The van der Waals surface area contributed by atoms with Crippen molar-refractivity contribution in [3.05, 3.63) is 47.7 Å². The van der Waals surface area contributed by atoms with E-state index in [2.05, 4.69) is 15.8 Å². The van der Waals surface area contributed by atoms with Crippen LogP contribution in [-0.4, -0.2) is 35.1 Å². The first-order valence-electron chi connectivity index (χ1n) is 9.60. The zero-order valence-corrected chi connectivity index (χ0v) is 17.1. The van der Waals surface area contributed by atoms with E-state index in [1.54, 1.807) is 50.2 Å². The Balaban J connectivity index is 2.04. The molecule has 0 spiro atoms. The molecule has 0 saturated carbocycles. The molecule has 2 amide bonds. The number of aryl methyl sites for hydroxylation is 1. The van der Waals surface area contributed by atoms with Gasteiger partial charge in [0.05, 0.1) is 0 Å². The SMILES string of the molecule is CC[C@H](OC(=O)[C@H](CC(C)C)NC(=O)c1ccccc1)C(=O)Nc1cc(C)on1. The minimum Gasteiger partial charge on any atom is -0.451 e. The van der Waals surface area contributed by atoms with Gasteiger partial charge < -0.3 is 19.9 Å². The van der Waals surface area contributed by atoms with Crippen LogP contribution in [0.4, 0.5) is 5.82 Å². The molecule has 0 aliphatic rings. The molecule has 0 saturated heterocycles. The lowest BCUT2D eigenvalue weighted by Crippen LogP contribution is -2.45. The number of esters is 1. The van der Waals surface area contributed by atoms with Crippen LogP contribution in [0.1, 0.15) is 49.7 Å². The fraction of sp³-hybridized carbons (Fsp3) is 0.429. The fourth-order valence-corrected chi connectivity index (χ4v) is 2.69. The van der Waals surface area contributed by atoms with Crippen LogP contribution in [0.5, 0.6) is 0 Å². The Hall–Kier alpha value is -3.16. The lowest BCUT2D eigenvalue weighted by Gasteiger charge is -2.22. The molecule has 0 radical (unpaired) electrons. The number of anilines is 1. The van der Waals surface area contributed by atoms with E-state index in [-0.39, 0.29) is 24.1 Å². The summed E-state index contributed by atoms with van der Waals surface area (Å²) in [4.78, 5) is 37.6. The summed E-state index contributed by atoms with van der Waals surface area (Å²) in [5, 5.41) is 8.96. The first-order valence-corrected chi connectivity index (χ1v) is 9.60. The molecule has 29 heavy (non-hydrogen) atoms. The molecule has 2 atom stereocenters. The molecule has 8 nitrogen and oxygen atoms in total. The quantitative estimate of drug-likeness (QED) is 0.625. The molecule has 2 rings (SSSR count). The molecule has 8 heteroatoms. The van der Waals surface area contributed by atoms with Gasteiger partial charge in [0.1, 0.15) is 11.8 Å². The zero-order valence-electron chi connectivity index (χ0n) is 17.1. The zero-order chi connectivity index (χ0) is 21.4. The lowest BCUT2D eigenvalue weighted by atomic mass is 10.0. The van der Waals surface area contributed by atoms with Crippen LogP contribution in [0.2, 0.25) is 0 Å². The van der Waals surface area contributed by atoms with Crippen LogP contribution in [0.3, 0.4) is 0 Å². The van der Waals surface area contributed by atoms with Gasteiger partial charge in [0, 0.05) is 11.6 Å². The second-order valence-electron chi connectivity index (χ2n) is 7.17. The van der Waals surface area contributed by atoms with Crippen molar-refractivity contribution >= 4 is 23.6 Å². The summed E-state index contributed by atoms with van der Waals surface area (Å²) in [6, 6.07) is 9.32. The van der Waals surface area contributed by atoms with Gasteiger partial charge in [-0.1, -0.05) is 44.1 Å². The maximum absolute atomic E-state index is 12.7. The number of hydrogen-bond acceptors (Lipinski definition) is 6. The van der Waals surface area contributed by atoms with E-state index in [4.69, 9.17) is 9.26 Å². The number of benzene rings is 1. The number of hydrogen-bond donors (Lipinski definition) is 2. The number of nitrogens with zero attached hydrogens (tertiary/aromatic N) is 1. The molecule has 1 heterocycles. The van der Waals surface area contributed by atoms with Crippen LogP contribution in [0.25, 0.3) is 0 Å². The maximum Gasteiger partial charge on any atom is 0.329 e. The second-order valence-corrected chi connectivity index (χ2v) is 7.17. The second kappa shape index (κ2) is 10.4. The van der Waals surface area contributed by atoms with Crippen LogP contribution < -0.4 is 10.6 Å². The molecule has 0 bridgehead atoms. The van der Waals surface area contributed by atoms with E-state index in [0.717, 1.165) is 0 Å². The molecular weight excluding hydrogens is 374 g/mol. The highest BCUT2D eigenvalue weighted by Gasteiger charge is 2.29. The van der Waals surface area contributed by atoms with E-state index < -0.39 is 24.0 Å². The third-order valence-corrected chi connectivity index (χ3v) is 4.13. The summed E-state index contributed by atoms with van der Waals surface area (Å²) in [7, 11) is 0. The van der Waals surface area contributed by atoms with Gasteiger partial charge in [-0.3, -0.25) is 9.59 Å². The average Bonchev–Trinajstić information content (AvgIpc) is 3.10. The van der Waals surface area contributed by atoms with Crippen molar-refractivity contribution in [3.8, 4) is 0 Å². The monoisotopic (exact) mass is 401 g/mol. The topological polar surface area (TPSA) is 111 Å². The van der Waals surface area contributed by atoms with E-state index in [9.17, 15) is 14.4 Å². The summed E-state index contributed by atoms with van der Waals surface area (Å²) < 4.78 is 10.3. The van der Waals surface area contributed by atoms with Crippen molar-refractivity contribution in [2.24, 2.45) is 5.92 Å². The predicted molar refractivity (Wildman–Crippen MR) is 107 cm³/mol. The average molecular weight is 401 g/mol. The fourth-order valence-electron chi connectivity index (χ4n) is 2.69. The van der Waals surface area contributed by atoms with Gasteiger partial charge in [-0.2, -0.15) is 0 Å². The number of carbonyl (C=O) groups excluding carboxylic acids is 3. The van der Waals surface area contributed by atoms with Gasteiger partial charge in [0.25, 0.3) is 11.8 Å². The first kappa shape index (κ1) is 22.1. The van der Waals surface area contributed by atoms with Gasteiger partial charge in [-0.05, 0) is 37.8 Å². The number of ether oxygens (including phenoxy) is 1. The van der Waals surface area contributed by atoms with Gasteiger partial charge in [-0.25, -0.2) is 4.79 Å². The molecular formula is C21H27N3O5. The Kier molecular flexibility index (Phi) is 7.94. The minimum atomic E-state index is -1.01. The van der Waals surface area contributed by atoms with Crippen LogP contribution >= 0.6 is 0 Å². The summed E-state index contributed by atoms with van der Waals surface area (Å²) in [5.74, 6) is -0.600. The summed E-state index contributed by atoms with van der Waals surface area (Å²) in [6.45, 7) is 7.30. The van der Waals surface area contributed by atoms with Crippen molar-refractivity contribution in [2.75, 3.05) is 5.32 Å². The van der Waals surface area contributed by atoms with E-state index in [1.807, 2.05) is 13.8 Å². The summed E-state index contributed by atoms with van der Waals surface area (Å²) >= 11 is 0. The number of aromatic nitrogens is 1.